The molecule has 65 valence electrons. The molecule has 0 amide bonds. The molecule has 11 heavy (non-hydrogen) atoms. The molecule has 0 aromatic carbocycles. The molecule has 0 aromatic heterocycles. The SMILES string of the molecule is O=P(O)(O)O.O=P([O-])([O-])[O-].[Ce+3]. The molecule has 0 heterocycles. The predicted molar refractivity (Wildman–Crippen MR) is 21.9 cm³/mol. The first-order valence-electron chi connectivity index (χ1n) is 1.51. The zero-order chi connectivity index (χ0) is 9.00. The average molecular weight is 333 g/mol. The van der Waals surface area contributed by atoms with Crippen LogP contribution in [0.15, 0.2) is 0 Å². The van der Waals surface area contributed by atoms with Gasteiger partial charge in [-0.2, -0.15) is 7.82 Å². The summed E-state index contributed by atoms with van der Waals surface area (Å²) in [5.74, 6) is 0. The minimum atomic E-state index is -5.39. The standard InChI is InChI=1S/Ce.2H3O4P/c;2*1-5(2,3)4/h;2*(H3,1,2,3,4)/q+3;;/p-3. The molecule has 0 spiro atoms. The van der Waals surface area contributed by atoms with Gasteiger partial charge in [0.15, 0.2) is 0 Å². The first-order valence-corrected chi connectivity index (χ1v) is 4.54. The van der Waals surface area contributed by atoms with E-state index in [4.69, 9.17) is 38.5 Å². The van der Waals surface area contributed by atoms with Crippen LogP contribution in [0.3, 0.4) is 0 Å². The molecule has 0 unspecified atom stereocenters. The van der Waals surface area contributed by atoms with E-state index < -0.39 is 15.6 Å². The third-order valence-electron chi connectivity index (χ3n) is 0. The number of hydrogen-bond acceptors (Lipinski definition) is 5. The Bertz CT molecular complexity index is 124. The maximum atomic E-state index is 8.88. The molecule has 0 aliphatic heterocycles. The van der Waals surface area contributed by atoms with E-state index in [1.165, 1.54) is 0 Å². The van der Waals surface area contributed by atoms with E-state index in [1.807, 2.05) is 0 Å². The molecular formula is H3CeO8P2. The summed E-state index contributed by atoms with van der Waals surface area (Å²) in [6.07, 6.45) is 0. The van der Waals surface area contributed by atoms with Gasteiger partial charge in [0, 0.05) is 0 Å². The van der Waals surface area contributed by atoms with Crippen LogP contribution in [0.4, 0.5) is 0 Å². The molecule has 0 atom stereocenters. The summed E-state index contributed by atoms with van der Waals surface area (Å²) in [5.41, 5.74) is 0. The quantitative estimate of drug-likeness (QED) is 0.380. The van der Waals surface area contributed by atoms with E-state index in [0.29, 0.717) is 0 Å². The monoisotopic (exact) mass is 333 g/mol. The first-order chi connectivity index (χ1) is 4.00. The maximum absolute atomic E-state index is 8.88. The summed E-state index contributed by atoms with van der Waals surface area (Å²) < 4.78 is 17.4. The van der Waals surface area contributed by atoms with Gasteiger partial charge in [-0.1, -0.05) is 0 Å². The fourth-order valence-electron chi connectivity index (χ4n) is 0. The van der Waals surface area contributed by atoms with Crippen LogP contribution in [0.5, 0.6) is 0 Å². The number of rotatable bonds is 0. The molecule has 0 aliphatic carbocycles. The fourth-order valence-corrected chi connectivity index (χ4v) is 0. The summed E-state index contributed by atoms with van der Waals surface area (Å²) in [7, 11) is -10.0. The topological polar surface area (TPSA) is 164 Å². The van der Waals surface area contributed by atoms with Gasteiger partial charge in [-0.3, -0.25) is 0 Å². The molecule has 0 fully saturated rings. The smallest absolute Gasteiger partial charge is 0.822 e. The van der Waals surface area contributed by atoms with Crippen molar-refractivity contribution < 1.29 is 80.2 Å². The van der Waals surface area contributed by atoms with Gasteiger partial charge in [0.1, 0.15) is 0 Å². The van der Waals surface area contributed by atoms with E-state index in [1.54, 1.807) is 0 Å². The van der Waals surface area contributed by atoms with Crippen LogP contribution >= 0.6 is 15.6 Å². The summed E-state index contributed by atoms with van der Waals surface area (Å²) >= 11 is 0. The molecule has 0 saturated carbocycles. The van der Waals surface area contributed by atoms with Crippen LogP contribution in [0.1, 0.15) is 0 Å². The molecule has 0 rings (SSSR count). The second-order valence-corrected chi connectivity index (χ2v) is 2.88. The third kappa shape index (κ3) is 419. The largest absolute Gasteiger partial charge is 3.00 e. The molecule has 0 saturated heterocycles. The van der Waals surface area contributed by atoms with Crippen molar-refractivity contribution in [2.24, 2.45) is 0 Å². The van der Waals surface area contributed by atoms with Gasteiger partial charge in [0.25, 0.3) is 0 Å². The van der Waals surface area contributed by atoms with Crippen LogP contribution in [0.25, 0.3) is 0 Å². The van der Waals surface area contributed by atoms with E-state index in [0.717, 1.165) is 0 Å². The van der Waals surface area contributed by atoms with Gasteiger partial charge in [0.2, 0.25) is 0 Å². The predicted octanol–water partition coefficient (Wildman–Crippen LogP) is -3.75. The normalized spacial score (nSPS) is 10.7. The minimum Gasteiger partial charge on any atom is -0.822 e. The number of hydrogen-bond donors (Lipinski definition) is 3. The minimum absolute atomic E-state index is 0. The fraction of sp³-hybridized carbons (Fsp3) is 0. The van der Waals surface area contributed by atoms with Gasteiger partial charge in [-0.25, -0.2) is 4.57 Å². The molecule has 0 aliphatic rings. The first kappa shape index (κ1) is 18.4. The van der Waals surface area contributed by atoms with Gasteiger partial charge in [-0.05, 0) is 0 Å². The van der Waals surface area contributed by atoms with E-state index in [2.05, 4.69) is 0 Å². The van der Waals surface area contributed by atoms with E-state index in [9.17, 15) is 0 Å². The zero-order valence-corrected chi connectivity index (χ0v) is 9.71. The summed E-state index contributed by atoms with van der Waals surface area (Å²) in [5, 5.41) is 0. The van der Waals surface area contributed by atoms with Gasteiger partial charge >= 0.3 is 49.6 Å². The zero-order valence-electron chi connectivity index (χ0n) is 4.78. The average Bonchev–Trinajstić information content (AvgIpc) is 1.12. The molecule has 0 bridgehead atoms. The van der Waals surface area contributed by atoms with Crippen LogP contribution in [-0.2, 0) is 9.13 Å². The van der Waals surface area contributed by atoms with Crippen LogP contribution in [0, 0.1) is 41.7 Å². The van der Waals surface area contributed by atoms with Gasteiger partial charge in [0.05, 0.1) is 0 Å². The maximum Gasteiger partial charge on any atom is 3.00 e. The van der Waals surface area contributed by atoms with Crippen molar-refractivity contribution in [1.29, 1.82) is 0 Å². The van der Waals surface area contributed by atoms with Crippen LogP contribution in [-0.4, -0.2) is 14.7 Å². The Kier molecular flexibility index (Phi) is 11.8. The summed E-state index contributed by atoms with van der Waals surface area (Å²) in [6, 6.07) is 0. The van der Waals surface area contributed by atoms with Crippen molar-refractivity contribution in [3.05, 3.63) is 0 Å². The molecule has 8 nitrogen and oxygen atoms in total. The molecule has 1 radical (unpaired) electrons. The van der Waals surface area contributed by atoms with E-state index in [-0.39, 0.29) is 41.7 Å². The third-order valence-corrected chi connectivity index (χ3v) is 0. The summed E-state index contributed by atoms with van der Waals surface area (Å²) in [4.78, 5) is 47.2. The molecular weight excluding hydrogens is 330 g/mol. The van der Waals surface area contributed by atoms with Crippen molar-refractivity contribution in [2.45, 2.75) is 0 Å². The number of phosphoric acid groups is 2. The summed E-state index contributed by atoms with van der Waals surface area (Å²) in [6.45, 7) is 0. The Balaban J connectivity index is -0.000000107. The van der Waals surface area contributed by atoms with Crippen molar-refractivity contribution in [3.63, 3.8) is 0 Å². The van der Waals surface area contributed by atoms with Crippen molar-refractivity contribution in [3.8, 4) is 0 Å². The second kappa shape index (κ2) is 7.04. The van der Waals surface area contributed by atoms with Crippen molar-refractivity contribution in [2.75, 3.05) is 0 Å². The molecule has 11 heteroatoms. The van der Waals surface area contributed by atoms with Crippen LogP contribution < -0.4 is 14.7 Å². The Morgan fingerprint density at radius 1 is 0.909 bits per heavy atom. The Labute approximate surface area is 95.1 Å². The molecule has 3 N–H and O–H groups in total. The Morgan fingerprint density at radius 3 is 0.909 bits per heavy atom. The Morgan fingerprint density at radius 2 is 0.909 bits per heavy atom. The van der Waals surface area contributed by atoms with Crippen molar-refractivity contribution >= 4 is 15.6 Å². The Hall–Kier alpha value is 1.60. The second-order valence-electron chi connectivity index (χ2n) is 0.960. The van der Waals surface area contributed by atoms with Crippen LogP contribution in [0.2, 0.25) is 0 Å². The van der Waals surface area contributed by atoms with Gasteiger partial charge < -0.3 is 33.9 Å². The van der Waals surface area contributed by atoms with E-state index >= 15 is 0 Å². The van der Waals surface area contributed by atoms with Crippen molar-refractivity contribution in [1.82, 2.24) is 0 Å². The van der Waals surface area contributed by atoms with Gasteiger partial charge in [-0.15, -0.1) is 0 Å². The molecule has 0 aromatic rings.